The minimum absolute atomic E-state index is 0.296. The first-order chi connectivity index (χ1) is 8.31. The highest BCUT2D eigenvalue weighted by Gasteiger charge is 2.36. The number of carbonyl (C=O) groups is 1. The molecule has 2 N–H and O–H groups in total. The third-order valence-electron chi connectivity index (χ3n) is 3.03. The van der Waals surface area contributed by atoms with Crippen LogP contribution >= 0.6 is 0 Å². The lowest BCUT2D eigenvalue weighted by atomic mass is 10.2. The van der Waals surface area contributed by atoms with Crippen LogP contribution in [0.25, 0.3) is 0 Å². The summed E-state index contributed by atoms with van der Waals surface area (Å²) in [6.45, 7) is 10.5. The Balaban J connectivity index is 2.10. The van der Waals surface area contributed by atoms with E-state index in [1.807, 2.05) is 20.8 Å². The van der Waals surface area contributed by atoms with Crippen LogP contribution in [-0.2, 0) is 4.74 Å². The first kappa shape index (κ1) is 15.3. The van der Waals surface area contributed by atoms with Crippen LogP contribution in [-0.4, -0.2) is 30.3 Å². The zero-order chi connectivity index (χ0) is 13.8. The summed E-state index contributed by atoms with van der Waals surface area (Å²) in [6, 6.07) is 0.949. The number of nitrogens with one attached hydrogen (secondary N) is 2. The molecule has 0 heterocycles. The Morgan fingerprint density at radius 3 is 2.67 bits per heavy atom. The van der Waals surface area contributed by atoms with Crippen LogP contribution in [0.4, 0.5) is 4.79 Å². The first-order valence-corrected chi connectivity index (χ1v) is 7.04. The van der Waals surface area contributed by atoms with Gasteiger partial charge >= 0.3 is 6.09 Å². The average Bonchev–Trinajstić information content (AvgIpc) is 2.91. The first-order valence-electron chi connectivity index (χ1n) is 7.04. The van der Waals surface area contributed by atoms with Crippen LogP contribution < -0.4 is 10.6 Å². The van der Waals surface area contributed by atoms with E-state index in [-0.39, 0.29) is 6.09 Å². The topological polar surface area (TPSA) is 50.4 Å². The minimum Gasteiger partial charge on any atom is -0.444 e. The molecule has 1 rings (SSSR count). The zero-order valence-corrected chi connectivity index (χ0v) is 12.4. The molecule has 1 aliphatic rings. The maximum atomic E-state index is 11.5. The third-order valence-corrected chi connectivity index (χ3v) is 3.03. The van der Waals surface area contributed by atoms with Crippen molar-refractivity contribution in [1.29, 1.82) is 0 Å². The molecule has 1 amide bonds. The monoisotopic (exact) mass is 256 g/mol. The Morgan fingerprint density at radius 2 is 2.11 bits per heavy atom. The fourth-order valence-corrected chi connectivity index (χ4v) is 2.12. The van der Waals surface area contributed by atoms with Gasteiger partial charge in [-0.3, -0.25) is 0 Å². The second kappa shape index (κ2) is 6.41. The molecule has 0 bridgehead atoms. The summed E-state index contributed by atoms with van der Waals surface area (Å²) in [6.07, 6.45) is 3.51. The van der Waals surface area contributed by atoms with Crippen molar-refractivity contribution in [2.24, 2.45) is 5.92 Å². The molecule has 1 fully saturated rings. The molecule has 4 nitrogen and oxygen atoms in total. The van der Waals surface area contributed by atoms with Gasteiger partial charge in [0.15, 0.2) is 0 Å². The van der Waals surface area contributed by atoms with Crippen LogP contribution in [0.5, 0.6) is 0 Å². The molecule has 4 heteroatoms. The predicted octanol–water partition coefficient (Wildman–Crippen LogP) is 2.68. The quantitative estimate of drug-likeness (QED) is 0.768. The van der Waals surface area contributed by atoms with E-state index < -0.39 is 5.60 Å². The largest absolute Gasteiger partial charge is 0.444 e. The number of amides is 1. The normalized spacial score (nSPS) is 24.5. The third kappa shape index (κ3) is 6.24. The van der Waals surface area contributed by atoms with Crippen LogP contribution in [0.15, 0.2) is 0 Å². The molecule has 3 unspecified atom stereocenters. The smallest absolute Gasteiger partial charge is 0.407 e. The van der Waals surface area contributed by atoms with Gasteiger partial charge in [-0.1, -0.05) is 13.3 Å². The summed E-state index contributed by atoms with van der Waals surface area (Å²) in [7, 11) is 0. The Morgan fingerprint density at radius 1 is 1.44 bits per heavy atom. The molecule has 106 valence electrons. The van der Waals surface area contributed by atoms with Gasteiger partial charge in [0.1, 0.15) is 5.60 Å². The number of hydrogen-bond donors (Lipinski definition) is 2. The lowest BCUT2D eigenvalue weighted by Crippen LogP contribution is -2.42. The van der Waals surface area contributed by atoms with Gasteiger partial charge in [-0.15, -0.1) is 0 Å². The number of ether oxygens (including phenoxy) is 1. The van der Waals surface area contributed by atoms with Gasteiger partial charge < -0.3 is 15.4 Å². The maximum Gasteiger partial charge on any atom is 0.407 e. The summed E-state index contributed by atoms with van der Waals surface area (Å²) >= 11 is 0. The fourth-order valence-electron chi connectivity index (χ4n) is 2.12. The highest BCUT2D eigenvalue weighted by atomic mass is 16.6. The van der Waals surface area contributed by atoms with Gasteiger partial charge in [0.2, 0.25) is 0 Å². The van der Waals surface area contributed by atoms with Crippen LogP contribution in [0, 0.1) is 5.92 Å². The van der Waals surface area contributed by atoms with Crippen molar-refractivity contribution in [2.75, 3.05) is 6.54 Å². The van der Waals surface area contributed by atoms with Crippen LogP contribution in [0.3, 0.4) is 0 Å². The van der Waals surface area contributed by atoms with E-state index in [4.69, 9.17) is 4.74 Å². The van der Waals surface area contributed by atoms with Crippen molar-refractivity contribution in [2.45, 2.75) is 71.6 Å². The molecule has 0 saturated heterocycles. The second-order valence-corrected chi connectivity index (χ2v) is 6.34. The summed E-state index contributed by atoms with van der Waals surface area (Å²) in [5, 5.41) is 6.33. The van der Waals surface area contributed by atoms with Gasteiger partial charge in [-0.05, 0) is 46.5 Å². The van der Waals surface area contributed by atoms with E-state index in [0.29, 0.717) is 18.6 Å². The van der Waals surface area contributed by atoms with Crippen LogP contribution in [0.2, 0.25) is 0 Å². The molecule has 0 aromatic heterocycles. The van der Waals surface area contributed by atoms with E-state index in [2.05, 4.69) is 24.5 Å². The minimum atomic E-state index is -0.427. The van der Waals surface area contributed by atoms with E-state index in [9.17, 15) is 4.79 Å². The molecular weight excluding hydrogens is 228 g/mol. The Bertz CT molecular complexity index is 273. The molecule has 0 aliphatic heterocycles. The Hall–Kier alpha value is -0.770. The Labute approximate surface area is 111 Å². The van der Waals surface area contributed by atoms with Crippen molar-refractivity contribution in [3.63, 3.8) is 0 Å². The maximum absolute atomic E-state index is 11.5. The number of hydrogen-bond acceptors (Lipinski definition) is 3. The molecule has 0 radical (unpaired) electrons. The molecule has 0 aromatic rings. The summed E-state index contributed by atoms with van der Waals surface area (Å²) in [5.74, 6) is 0.846. The molecule has 3 atom stereocenters. The fraction of sp³-hybridized carbons (Fsp3) is 0.929. The van der Waals surface area contributed by atoms with Crippen LogP contribution in [0.1, 0.15) is 53.9 Å². The molecule has 0 aromatic carbocycles. The SMILES string of the molecule is CCCC1CC1NC(C)CNC(=O)OC(C)(C)C. The molecule has 0 spiro atoms. The van der Waals surface area contributed by atoms with E-state index in [1.54, 1.807) is 0 Å². The average molecular weight is 256 g/mol. The molecule has 1 saturated carbocycles. The number of rotatable bonds is 6. The summed E-state index contributed by atoms with van der Waals surface area (Å²) < 4.78 is 5.19. The van der Waals surface area contributed by atoms with Gasteiger partial charge in [-0.2, -0.15) is 0 Å². The second-order valence-electron chi connectivity index (χ2n) is 6.34. The lowest BCUT2D eigenvalue weighted by molar-refractivity contribution is 0.0523. The van der Waals surface area contributed by atoms with Crippen molar-refractivity contribution in [1.82, 2.24) is 10.6 Å². The van der Waals surface area contributed by atoms with Crippen molar-refractivity contribution in [3.8, 4) is 0 Å². The van der Waals surface area contributed by atoms with Gasteiger partial charge in [0.25, 0.3) is 0 Å². The summed E-state index contributed by atoms with van der Waals surface area (Å²) in [5.41, 5.74) is -0.427. The van der Waals surface area contributed by atoms with Gasteiger partial charge in [0.05, 0.1) is 0 Å². The van der Waals surface area contributed by atoms with Crippen molar-refractivity contribution >= 4 is 6.09 Å². The number of carbonyl (C=O) groups excluding carboxylic acids is 1. The highest BCUT2D eigenvalue weighted by molar-refractivity contribution is 5.67. The van der Waals surface area contributed by atoms with Gasteiger partial charge in [-0.25, -0.2) is 4.79 Å². The molecule has 18 heavy (non-hydrogen) atoms. The number of alkyl carbamates (subject to hydrolysis) is 1. The lowest BCUT2D eigenvalue weighted by Gasteiger charge is -2.21. The summed E-state index contributed by atoms with van der Waals surface area (Å²) in [4.78, 5) is 11.5. The van der Waals surface area contributed by atoms with Crippen molar-refractivity contribution < 1.29 is 9.53 Å². The van der Waals surface area contributed by atoms with Gasteiger partial charge in [0, 0.05) is 18.6 Å². The Kier molecular flexibility index (Phi) is 5.45. The predicted molar refractivity (Wildman–Crippen MR) is 73.6 cm³/mol. The zero-order valence-electron chi connectivity index (χ0n) is 12.4. The molecule has 1 aliphatic carbocycles. The standard InChI is InChI=1S/C14H28N2O2/c1-6-7-11-8-12(11)16-10(2)9-15-13(17)18-14(3,4)5/h10-12,16H,6-9H2,1-5H3,(H,15,17). The van der Waals surface area contributed by atoms with E-state index in [1.165, 1.54) is 19.3 Å². The molecular formula is C14H28N2O2. The van der Waals surface area contributed by atoms with Crippen molar-refractivity contribution in [3.05, 3.63) is 0 Å². The van der Waals surface area contributed by atoms with E-state index >= 15 is 0 Å². The highest BCUT2D eigenvalue weighted by Crippen LogP contribution is 2.34. The van der Waals surface area contributed by atoms with E-state index in [0.717, 1.165) is 5.92 Å².